The summed E-state index contributed by atoms with van der Waals surface area (Å²) >= 11 is 0. The molecule has 1 aromatic heterocycles. The number of hydrogen-bond donors (Lipinski definition) is 1. The molecule has 4 heterocycles. The SMILES string of the molecule is COc1cccc(CN[C@H]2CCCN3C(=O)COc4ccc(F)cc4C4CCC(CC4)OC[C@@H]23)n1. The Balaban J connectivity index is 1.35. The molecule has 0 spiro atoms. The number of carbonyl (C=O) groups excluding carboxylic acids is 1. The molecule has 7 nitrogen and oxygen atoms in total. The van der Waals surface area contributed by atoms with E-state index in [1.54, 1.807) is 19.2 Å². The number of rotatable bonds is 4. The van der Waals surface area contributed by atoms with Crippen LogP contribution in [0.2, 0.25) is 0 Å². The van der Waals surface area contributed by atoms with Crippen LogP contribution in [0.15, 0.2) is 36.4 Å². The molecule has 1 aliphatic carbocycles. The van der Waals surface area contributed by atoms with Gasteiger partial charge in [0.05, 0.1) is 31.6 Å². The van der Waals surface area contributed by atoms with Gasteiger partial charge in [0, 0.05) is 30.8 Å². The molecule has 3 aliphatic heterocycles. The molecule has 4 aliphatic rings. The van der Waals surface area contributed by atoms with Gasteiger partial charge in [-0.05, 0) is 68.7 Å². The van der Waals surface area contributed by atoms with Gasteiger partial charge in [0.1, 0.15) is 11.6 Å². The number of fused-ring (bicyclic) bond motifs is 5. The van der Waals surface area contributed by atoms with Gasteiger partial charge in [0.25, 0.3) is 5.91 Å². The van der Waals surface area contributed by atoms with E-state index in [4.69, 9.17) is 14.2 Å². The number of ether oxygens (including phenoxy) is 3. The Labute approximate surface area is 206 Å². The highest BCUT2D eigenvalue weighted by molar-refractivity contribution is 5.78. The second-order valence-corrected chi connectivity index (χ2v) is 9.73. The average molecular weight is 484 g/mol. The molecular formula is C27H34FN3O4. The van der Waals surface area contributed by atoms with E-state index < -0.39 is 0 Å². The van der Waals surface area contributed by atoms with Crippen LogP contribution in [0.4, 0.5) is 4.39 Å². The summed E-state index contributed by atoms with van der Waals surface area (Å²) in [5.74, 6) is 1.10. The fraction of sp³-hybridized carbons (Fsp3) is 0.556. The quantitative estimate of drug-likeness (QED) is 0.713. The van der Waals surface area contributed by atoms with Crippen LogP contribution < -0.4 is 14.8 Å². The maximum Gasteiger partial charge on any atom is 0.260 e. The van der Waals surface area contributed by atoms with Gasteiger partial charge < -0.3 is 24.4 Å². The average Bonchev–Trinajstić information content (AvgIpc) is 2.91. The van der Waals surface area contributed by atoms with Crippen LogP contribution in [0.3, 0.4) is 0 Å². The van der Waals surface area contributed by atoms with E-state index >= 15 is 0 Å². The second-order valence-electron chi connectivity index (χ2n) is 9.73. The molecular weight excluding hydrogens is 449 g/mol. The maximum absolute atomic E-state index is 14.0. The number of halogens is 1. The highest BCUT2D eigenvalue weighted by Crippen LogP contribution is 2.39. The van der Waals surface area contributed by atoms with E-state index in [1.165, 1.54) is 6.07 Å². The topological polar surface area (TPSA) is 72.9 Å². The Kier molecular flexibility index (Phi) is 7.48. The zero-order chi connectivity index (χ0) is 24.2. The van der Waals surface area contributed by atoms with Crippen molar-refractivity contribution in [3.8, 4) is 11.6 Å². The molecule has 8 heteroatoms. The molecule has 0 radical (unpaired) electrons. The molecule has 1 saturated heterocycles. The van der Waals surface area contributed by atoms with Crippen molar-refractivity contribution in [2.75, 3.05) is 26.9 Å². The van der Waals surface area contributed by atoms with E-state index in [0.29, 0.717) is 31.3 Å². The first kappa shape index (κ1) is 24.0. The summed E-state index contributed by atoms with van der Waals surface area (Å²) in [6, 6.07) is 10.4. The number of nitrogens with one attached hydrogen (secondary N) is 1. The first-order valence-corrected chi connectivity index (χ1v) is 12.7. The van der Waals surface area contributed by atoms with Crippen molar-refractivity contribution < 1.29 is 23.4 Å². The van der Waals surface area contributed by atoms with Crippen LogP contribution in [0, 0.1) is 5.82 Å². The monoisotopic (exact) mass is 483 g/mol. The van der Waals surface area contributed by atoms with Crippen LogP contribution in [-0.2, 0) is 16.1 Å². The first-order chi connectivity index (χ1) is 17.1. The number of methoxy groups -OCH3 is 1. The first-order valence-electron chi connectivity index (χ1n) is 12.7. The molecule has 6 rings (SSSR count). The maximum atomic E-state index is 14.0. The van der Waals surface area contributed by atoms with E-state index in [2.05, 4.69) is 10.3 Å². The van der Waals surface area contributed by atoms with Crippen molar-refractivity contribution in [3.05, 3.63) is 53.5 Å². The molecule has 1 amide bonds. The number of benzene rings is 1. The lowest BCUT2D eigenvalue weighted by atomic mass is 9.82. The fourth-order valence-corrected chi connectivity index (χ4v) is 5.68. The molecule has 2 aromatic rings. The minimum atomic E-state index is -0.267. The van der Waals surface area contributed by atoms with Crippen molar-refractivity contribution in [1.82, 2.24) is 15.2 Å². The molecule has 1 saturated carbocycles. The summed E-state index contributed by atoms with van der Waals surface area (Å²) in [5.41, 5.74) is 1.76. The van der Waals surface area contributed by atoms with Crippen molar-refractivity contribution in [2.24, 2.45) is 0 Å². The lowest BCUT2D eigenvalue weighted by Gasteiger charge is -2.42. The normalized spacial score (nSPS) is 27.0. The summed E-state index contributed by atoms with van der Waals surface area (Å²) < 4.78 is 31.7. The highest BCUT2D eigenvalue weighted by atomic mass is 19.1. The molecule has 2 atom stereocenters. The number of carbonyl (C=O) groups is 1. The summed E-state index contributed by atoms with van der Waals surface area (Å²) in [5, 5.41) is 3.62. The molecule has 188 valence electrons. The highest BCUT2D eigenvalue weighted by Gasteiger charge is 2.36. The third-order valence-corrected chi connectivity index (χ3v) is 7.57. The van der Waals surface area contributed by atoms with Crippen LogP contribution in [-0.4, -0.2) is 60.8 Å². The number of hydrogen-bond acceptors (Lipinski definition) is 6. The van der Waals surface area contributed by atoms with E-state index in [0.717, 1.165) is 49.8 Å². The molecule has 2 bridgehead atoms. The van der Waals surface area contributed by atoms with Gasteiger partial charge in [-0.3, -0.25) is 4.79 Å². The van der Waals surface area contributed by atoms with Gasteiger partial charge in [-0.1, -0.05) is 6.07 Å². The summed E-state index contributed by atoms with van der Waals surface area (Å²) in [4.78, 5) is 19.7. The third kappa shape index (κ3) is 5.59. The largest absolute Gasteiger partial charge is 0.483 e. The minimum Gasteiger partial charge on any atom is -0.483 e. The van der Waals surface area contributed by atoms with E-state index in [1.807, 2.05) is 23.1 Å². The van der Waals surface area contributed by atoms with E-state index in [-0.39, 0.29) is 42.4 Å². The predicted molar refractivity (Wildman–Crippen MR) is 129 cm³/mol. The number of amides is 1. The van der Waals surface area contributed by atoms with E-state index in [9.17, 15) is 9.18 Å². The lowest BCUT2D eigenvalue weighted by molar-refractivity contribution is -0.140. The summed E-state index contributed by atoms with van der Waals surface area (Å²) in [6.07, 6.45) is 5.71. The van der Waals surface area contributed by atoms with Gasteiger partial charge in [0.2, 0.25) is 5.88 Å². The number of aromatic nitrogens is 1. The number of pyridine rings is 1. The zero-order valence-electron chi connectivity index (χ0n) is 20.2. The Hall–Kier alpha value is -2.71. The fourth-order valence-electron chi connectivity index (χ4n) is 5.68. The van der Waals surface area contributed by atoms with Gasteiger partial charge in [0.15, 0.2) is 6.61 Å². The summed E-state index contributed by atoms with van der Waals surface area (Å²) in [7, 11) is 1.61. The predicted octanol–water partition coefficient (Wildman–Crippen LogP) is 3.81. The van der Waals surface area contributed by atoms with Crippen molar-refractivity contribution in [2.45, 2.75) is 69.2 Å². The molecule has 0 unspecified atom stereocenters. The van der Waals surface area contributed by atoms with Crippen LogP contribution in [0.5, 0.6) is 11.6 Å². The molecule has 2 fully saturated rings. The standard InChI is InChI=1S/C27H34FN3O4/c1-33-26-6-2-4-20(30-26)15-29-23-5-3-13-31-24(23)16-34-21-10-7-18(8-11-21)22-14-19(28)9-12-25(22)35-17-27(31)32/h2,4,6,9,12,14,18,21,23-24,29H,3,5,7-8,10-11,13,15-17H2,1H3/t18?,21?,23-,24-/m0/s1. The number of nitrogens with zero attached hydrogens (tertiary/aromatic N) is 2. The van der Waals surface area contributed by atoms with Gasteiger partial charge >= 0.3 is 0 Å². The van der Waals surface area contributed by atoms with Gasteiger partial charge in [-0.2, -0.15) is 0 Å². The van der Waals surface area contributed by atoms with Crippen molar-refractivity contribution in [1.29, 1.82) is 0 Å². The van der Waals surface area contributed by atoms with Gasteiger partial charge in [-0.25, -0.2) is 9.37 Å². The minimum absolute atomic E-state index is 0.0601. The number of piperidine rings is 1. The van der Waals surface area contributed by atoms with Crippen LogP contribution >= 0.6 is 0 Å². The Morgan fingerprint density at radius 1 is 1.17 bits per heavy atom. The molecule has 35 heavy (non-hydrogen) atoms. The molecule has 1 N–H and O–H groups in total. The zero-order valence-corrected chi connectivity index (χ0v) is 20.2. The Morgan fingerprint density at radius 3 is 2.86 bits per heavy atom. The van der Waals surface area contributed by atoms with Crippen molar-refractivity contribution >= 4 is 5.91 Å². The second kappa shape index (κ2) is 10.9. The summed E-state index contributed by atoms with van der Waals surface area (Å²) in [6.45, 7) is 1.69. The van der Waals surface area contributed by atoms with Crippen LogP contribution in [0.25, 0.3) is 0 Å². The smallest absolute Gasteiger partial charge is 0.260 e. The van der Waals surface area contributed by atoms with Crippen molar-refractivity contribution in [3.63, 3.8) is 0 Å². The van der Waals surface area contributed by atoms with Gasteiger partial charge in [-0.15, -0.1) is 0 Å². The van der Waals surface area contributed by atoms with Crippen LogP contribution in [0.1, 0.15) is 55.7 Å². The third-order valence-electron chi connectivity index (χ3n) is 7.57. The Bertz CT molecular complexity index is 1030. The Morgan fingerprint density at radius 2 is 2.03 bits per heavy atom. The lowest BCUT2D eigenvalue weighted by Crippen LogP contribution is -2.58. The molecule has 1 aromatic carbocycles.